The van der Waals surface area contributed by atoms with Gasteiger partial charge in [0, 0.05) is 0 Å². The highest BCUT2D eigenvalue weighted by Crippen LogP contribution is 2.40. The van der Waals surface area contributed by atoms with Gasteiger partial charge in [-0.2, -0.15) is 0 Å². The molecule has 5 heteroatoms. The van der Waals surface area contributed by atoms with Crippen LogP contribution in [-0.2, 0) is 9.53 Å². The highest BCUT2D eigenvalue weighted by Gasteiger charge is 2.42. The number of rotatable bonds is 4. The molecular weight excluding hydrogens is 174 g/mol. The van der Waals surface area contributed by atoms with Crippen LogP contribution in [0.4, 0.5) is 0 Å². The quantitative estimate of drug-likeness (QED) is 0.372. The molecule has 0 aliphatic heterocycles. The number of carbonyl (C=O) groups excluding carboxylic acids is 1. The van der Waals surface area contributed by atoms with Gasteiger partial charge in [0.15, 0.2) is 0 Å². The summed E-state index contributed by atoms with van der Waals surface area (Å²) in [6, 6.07) is 0. The lowest BCUT2D eigenvalue weighted by Gasteiger charge is -1.97. The second-order valence-electron chi connectivity index (χ2n) is 2.88. The molecule has 1 rings (SSSR count). The average molecular weight is 185 g/mol. The first-order chi connectivity index (χ1) is 6.15. The molecule has 2 atom stereocenters. The zero-order chi connectivity index (χ0) is 9.84. The van der Waals surface area contributed by atoms with E-state index in [1.807, 2.05) is 0 Å². The Bertz CT molecular complexity index is 249. The van der Waals surface area contributed by atoms with Crippen LogP contribution in [-0.4, -0.2) is 17.5 Å². The van der Waals surface area contributed by atoms with E-state index in [-0.39, 0.29) is 17.8 Å². The van der Waals surface area contributed by atoms with Crippen molar-refractivity contribution in [1.82, 2.24) is 0 Å². The Labute approximate surface area is 75.5 Å². The molecule has 0 bridgehead atoms. The number of hydrogen-bond donors (Lipinski definition) is 0. The van der Waals surface area contributed by atoms with Crippen LogP contribution in [0.15, 0.2) is 12.3 Å². The molecule has 0 N–H and O–H groups in total. The predicted molar refractivity (Wildman–Crippen MR) is 44.4 cm³/mol. The summed E-state index contributed by atoms with van der Waals surface area (Å²) in [5.41, 5.74) is 0. The standard InChI is InChI=1S/C8H11NO4/c1-2-13-8(10)7-5-6(7)3-4-9(11)12/h3-4,6-7H,2,5H2,1H3/b4-3+/t6-,7-/m1/s1. The molecule has 1 saturated carbocycles. The third-order valence-electron chi connectivity index (χ3n) is 1.88. The minimum absolute atomic E-state index is 0.00412. The van der Waals surface area contributed by atoms with E-state index in [0.29, 0.717) is 13.0 Å². The van der Waals surface area contributed by atoms with Gasteiger partial charge < -0.3 is 4.74 Å². The molecule has 0 aromatic rings. The van der Waals surface area contributed by atoms with Gasteiger partial charge >= 0.3 is 5.97 Å². The fourth-order valence-corrected chi connectivity index (χ4v) is 1.13. The van der Waals surface area contributed by atoms with Crippen LogP contribution in [0, 0.1) is 22.0 Å². The van der Waals surface area contributed by atoms with Crippen LogP contribution in [0.1, 0.15) is 13.3 Å². The molecule has 1 fully saturated rings. The zero-order valence-corrected chi connectivity index (χ0v) is 7.30. The molecule has 72 valence electrons. The van der Waals surface area contributed by atoms with E-state index < -0.39 is 4.92 Å². The number of esters is 1. The summed E-state index contributed by atoms with van der Waals surface area (Å²) in [4.78, 5) is 20.4. The largest absolute Gasteiger partial charge is 0.466 e. The van der Waals surface area contributed by atoms with Crippen molar-refractivity contribution < 1.29 is 14.5 Å². The maximum atomic E-state index is 11.0. The second-order valence-corrected chi connectivity index (χ2v) is 2.88. The first-order valence-electron chi connectivity index (χ1n) is 4.13. The summed E-state index contributed by atoms with van der Waals surface area (Å²) in [5.74, 6) is -0.402. The van der Waals surface area contributed by atoms with Crippen LogP contribution in [0.25, 0.3) is 0 Å². The van der Waals surface area contributed by atoms with Crippen molar-refractivity contribution in [2.45, 2.75) is 13.3 Å². The van der Waals surface area contributed by atoms with Crippen molar-refractivity contribution >= 4 is 5.97 Å². The van der Waals surface area contributed by atoms with Gasteiger partial charge in [-0.3, -0.25) is 14.9 Å². The second kappa shape index (κ2) is 4.02. The van der Waals surface area contributed by atoms with Crippen molar-refractivity contribution in [2.75, 3.05) is 6.61 Å². The Morgan fingerprint density at radius 1 is 1.77 bits per heavy atom. The molecule has 0 amide bonds. The molecule has 0 saturated heterocycles. The van der Waals surface area contributed by atoms with Gasteiger partial charge in [0.2, 0.25) is 6.20 Å². The molecule has 0 heterocycles. The Kier molecular flexibility index (Phi) is 3.00. The van der Waals surface area contributed by atoms with E-state index in [9.17, 15) is 14.9 Å². The van der Waals surface area contributed by atoms with E-state index in [1.54, 1.807) is 6.92 Å². The lowest BCUT2D eigenvalue weighted by atomic mass is 10.3. The van der Waals surface area contributed by atoms with Crippen molar-refractivity contribution in [3.8, 4) is 0 Å². The number of nitro groups is 1. The minimum atomic E-state index is -0.527. The Morgan fingerprint density at radius 3 is 3.00 bits per heavy atom. The van der Waals surface area contributed by atoms with Crippen molar-refractivity contribution in [2.24, 2.45) is 11.8 Å². The fraction of sp³-hybridized carbons (Fsp3) is 0.625. The topological polar surface area (TPSA) is 69.4 Å². The van der Waals surface area contributed by atoms with Crippen LogP contribution in [0.2, 0.25) is 0 Å². The van der Waals surface area contributed by atoms with Crippen molar-refractivity contribution in [3.63, 3.8) is 0 Å². The van der Waals surface area contributed by atoms with Gasteiger partial charge in [-0.15, -0.1) is 0 Å². The van der Waals surface area contributed by atoms with Gasteiger partial charge in [-0.05, 0) is 25.3 Å². The van der Waals surface area contributed by atoms with Gasteiger partial charge in [0.25, 0.3) is 0 Å². The molecule has 5 nitrogen and oxygen atoms in total. The zero-order valence-electron chi connectivity index (χ0n) is 7.30. The van der Waals surface area contributed by atoms with Gasteiger partial charge in [0.1, 0.15) is 0 Å². The van der Waals surface area contributed by atoms with E-state index in [2.05, 4.69) is 0 Å². The summed E-state index contributed by atoms with van der Waals surface area (Å²) in [5, 5.41) is 9.94. The lowest BCUT2D eigenvalue weighted by molar-refractivity contribution is -0.402. The fourth-order valence-electron chi connectivity index (χ4n) is 1.13. The predicted octanol–water partition coefficient (Wildman–Crippen LogP) is 0.976. The maximum Gasteiger partial charge on any atom is 0.309 e. The third kappa shape index (κ3) is 2.85. The SMILES string of the molecule is CCOC(=O)[C@@H]1C[C@H]1/C=C/[N+](=O)[O-]. The third-order valence-corrected chi connectivity index (χ3v) is 1.88. The minimum Gasteiger partial charge on any atom is -0.466 e. The van der Waals surface area contributed by atoms with E-state index >= 15 is 0 Å². The number of hydrogen-bond acceptors (Lipinski definition) is 4. The molecule has 0 aromatic heterocycles. The van der Waals surface area contributed by atoms with Crippen LogP contribution in [0.3, 0.4) is 0 Å². The summed E-state index contributed by atoms with van der Waals surface area (Å²) in [6.45, 7) is 2.10. The molecule has 1 aliphatic carbocycles. The van der Waals surface area contributed by atoms with Crippen LogP contribution in [0.5, 0.6) is 0 Å². The lowest BCUT2D eigenvalue weighted by Crippen LogP contribution is -2.07. The van der Waals surface area contributed by atoms with E-state index in [0.717, 1.165) is 6.20 Å². The van der Waals surface area contributed by atoms with Gasteiger partial charge in [-0.25, -0.2) is 0 Å². The highest BCUT2D eigenvalue weighted by molar-refractivity contribution is 5.76. The Morgan fingerprint density at radius 2 is 2.46 bits per heavy atom. The molecule has 0 unspecified atom stereocenters. The number of ether oxygens (including phenoxy) is 1. The molecule has 0 aromatic carbocycles. The molecule has 1 aliphatic rings. The van der Waals surface area contributed by atoms with Gasteiger partial charge in [-0.1, -0.05) is 0 Å². The first kappa shape index (κ1) is 9.70. The number of nitrogens with zero attached hydrogens (tertiary/aromatic N) is 1. The van der Waals surface area contributed by atoms with Gasteiger partial charge in [0.05, 0.1) is 17.4 Å². The van der Waals surface area contributed by atoms with Crippen molar-refractivity contribution in [3.05, 3.63) is 22.4 Å². The summed E-state index contributed by atoms with van der Waals surface area (Å²) in [7, 11) is 0. The van der Waals surface area contributed by atoms with Crippen molar-refractivity contribution in [1.29, 1.82) is 0 Å². The molecular formula is C8H11NO4. The average Bonchev–Trinajstić information content (AvgIpc) is 2.80. The highest BCUT2D eigenvalue weighted by atomic mass is 16.6. The monoisotopic (exact) mass is 185 g/mol. The maximum absolute atomic E-state index is 11.0. The van der Waals surface area contributed by atoms with Crippen LogP contribution >= 0.6 is 0 Å². The molecule has 13 heavy (non-hydrogen) atoms. The normalized spacial score (nSPS) is 25.9. The molecule has 0 radical (unpaired) electrons. The number of carbonyl (C=O) groups is 1. The Balaban J connectivity index is 2.30. The van der Waals surface area contributed by atoms with Crippen LogP contribution < -0.4 is 0 Å². The first-order valence-corrected chi connectivity index (χ1v) is 4.13. The molecule has 0 spiro atoms. The summed E-state index contributed by atoms with van der Waals surface area (Å²) < 4.78 is 4.76. The van der Waals surface area contributed by atoms with E-state index in [1.165, 1.54) is 6.08 Å². The van der Waals surface area contributed by atoms with E-state index in [4.69, 9.17) is 4.74 Å². The smallest absolute Gasteiger partial charge is 0.309 e. The summed E-state index contributed by atoms with van der Waals surface area (Å²) >= 11 is 0. The Hall–Kier alpha value is -1.39. The summed E-state index contributed by atoms with van der Waals surface area (Å²) in [6.07, 6.45) is 2.99. The number of allylic oxidation sites excluding steroid dienone is 1.